The number of alkyl halides is 2. The Morgan fingerprint density at radius 3 is 2.59 bits per heavy atom. The molecule has 22 heavy (non-hydrogen) atoms. The maximum atomic E-state index is 12.3. The van der Waals surface area contributed by atoms with Gasteiger partial charge in [0.25, 0.3) is 5.91 Å². The number of aliphatic carboxylic acids is 1. The molecule has 5 nitrogen and oxygen atoms in total. The fraction of sp³-hybridized carbons (Fsp3) is 0.429. The van der Waals surface area contributed by atoms with Gasteiger partial charge in [0.2, 0.25) is 6.43 Å². The maximum Gasteiger partial charge on any atom is 0.326 e. The molecule has 0 fully saturated rings. The normalized spacial score (nSPS) is 13.5. The molecular weight excluding hydrogens is 320 g/mol. The Morgan fingerprint density at radius 1 is 1.41 bits per heavy atom. The smallest absolute Gasteiger partial charge is 0.326 e. The molecule has 0 aliphatic carbocycles. The lowest BCUT2D eigenvalue weighted by Gasteiger charge is -2.19. The van der Waals surface area contributed by atoms with Gasteiger partial charge in [0, 0.05) is 6.42 Å². The number of carboxylic acid groups (broad SMARTS) is 1. The van der Waals surface area contributed by atoms with Crippen molar-refractivity contribution in [3.05, 3.63) is 28.8 Å². The first-order valence-corrected chi connectivity index (χ1v) is 6.82. The topological polar surface area (TPSA) is 75.6 Å². The molecule has 2 N–H and O–H groups in total. The lowest BCUT2D eigenvalue weighted by atomic mass is 10.2. The number of amides is 1. The molecule has 0 aromatic heterocycles. The second kappa shape index (κ2) is 7.93. The van der Waals surface area contributed by atoms with E-state index >= 15 is 0 Å². The van der Waals surface area contributed by atoms with Crippen molar-refractivity contribution in [1.82, 2.24) is 5.32 Å². The molecular formula is C14H16ClF2NO4. The number of halogens is 3. The molecule has 2 unspecified atom stereocenters. The van der Waals surface area contributed by atoms with Crippen LogP contribution in [0.25, 0.3) is 0 Å². The summed E-state index contributed by atoms with van der Waals surface area (Å²) in [6.07, 6.45) is -4.90. The average molecular weight is 336 g/mol. The summed E-state index contributed by atoms with van der Waals surface area (Å²) in [5, 5.41) is 11.1. The number of carboxylic acids is 1. The number of hydrogen-bond acceptors (Lipinski definition) is 3. The van der Waals surface area contributed by atoms with E-state index in [1.807, 2.05) is 5.32 Å². The van der Waals surface area contributed by atoms with Gasteiger partial charge in [-0.1, -0.05) is 17.7 Å². The summed E-state index contributed by atoms with van der Waals surface area (Å²) in [7, 11) is 0. The van der Waals surface area contributed by atoms with Crippen molar-refractivity contribution in [3.8, 4) is 5.75 Å². The predicted octanol–water partition coefficient (Wildman–Crippen LogP) is 2.64. The predicted molar refractivity (Wildman–Crippen MR) is 76.5 cm³/mol. The minimum absolute atomic E-state index is 0.255. The fourth-order valence-electron chi connectivity index (χ4n) is 1.63. The maximum absolute atomic E-state index is 12.3. The fourth-order valence-corrected chi connectivity index (χ4v) is 1.80. The minimum atomic E-state index is -2.84. The molecule has 0 spiro atoms. The van der Waals surface area contributed by atoms with Gasteiger partial charge in [0.1, 0.15) is 11.8 Å². The van der Waals surface area contributed by atoms with E-state index in [0.29, 0.717) is 0 Å². The van der Waals surface area contributed by atoms with Crippen LogP contribution < -0.4 is 10.1 Å². The molecule has 8 heteroatoms. The van der Waals surface area contributed by atoms with Crippen LogP contribution >= 0.6 is 11.6 Å². The number of rotatable bonds is 7. The summed E-state index contributed by atoms with van der Waals surface area (Å²) in [5.41, 5.74) is 0.855. The first-order chi connectivity index (χ1) is 10.2. The molecule has 1 aromatic rings. The molecule has 1 amide bonds. The molecule has 1 rings (SSSR count). The standard InChI is InChI=1S/C14H16ClF2NO4/c1-7-3-4-9(15)11(5-7)22-8(2)13(19)18-10(14(20)21)6-12(16)17/h3-5,8,10,12H,6H2,1-2H3,(H,18,19)(H,20,21). The van der Waals surface area contributed by atoms with E-state index in [1.165, 1.54) is 6.92 Å². The highest BCUT2D eigenvalue weighted by atomic mass is 35.5. The van der Waals surface area contributed by atoms with Gasteiger partial charge >= 0.3 is 5.97 Å². The van der Waals surface area contributed by atoms with Crippen LogP contribution in [0.3, 0.4) is 0 Å². The lowest BCUT2D eigenvalue weighted by molar-refractivity contribution is -0.144. The van der Waals surface area contributed by atoms with Crippen molar-refractivity contribution >= 4 is 23.5 Å². The molecule has 0 saturated heterocycles. The van der Waals surface area contributed by atoms with Crippen molar-refractivity contribution in [3.63, 3.8) is 0 Å². The summed E-state index contributed by atoms with van der Waals surface area (Å²) < 4.78 is 29.9. The Kier molecular flexibility index (Phi) is 6.55. The van der Waals surface area contributed by atoms with Crippen molar-refractivity contribution in [2.45, 2.75) is 38.8 Å². The number of hydrogen-bond donors (Lipinski definition) is 2. The number of ether oxygens (including phenoxy) is 1. The zero-order valence-corrected chi connectivity index (χ0v) is 12.7. The van der Waals surface area contributed by atoms with E-state index in [-0.39, 0.29) is 10.8 Å². The quantitative estimate of drug-likeness (QED) is 0.803. The van der Waals surface area contributed by atoms with Gasteiger partial charge in [0.05, 0.1) is 5.02 Å². The average Bonchev–Trinajstić information content (AvgIpc) is 2.41. The molecule has 0 radical (unpaired) electrons. The van der Waals surface area contributed by atoms with Crippen molar-refractivity contribution in [1.29, 1.82) is 0 Å². The summed E-state index contributed by atoms with van der Waals surface area (Å²) in [4.78, 5) is 22.7. The summed E-state index contributed by atoms with van der Waals surface area (Å²) >= 11 is 5.92. The molecule has 0 aliphatic rings. The summed E-state index contributed by atoms with van der Waals surface area (Å²) in [6, 6.07) is 3.28. The van der Waals surface area contributed by atoms with Gasteiger partial charge in [-0.3, -0.25) is 4.79 Å². The van der Waals surface area contributed by atoms with E-state index < -0.39 is 36.9 Å². The van der Waals surface area contributed by atoms with Crippen LogP contribution in [-0.2, 0) is 9.59 Å². The van der Waals surface area contributed by atoms with Crippen LogP contribution in [0.1, 0.15) is 18.9 Å². The Morgan fingerprint density at radius 2 is 2.05 bits per heavy atom. The molecule has 0 bridgehead atoms. The molecule has 1 aromatic carbocycles. The van der Waals surface area contributed by atoms with Gasteiger partial charge in [-0.15, -0.1) is 0 Å². The highest BCUT2D eigenvalue weighted by Gasteiger charge is 2.27. The van der Waals surface area contributed by atoms with Crippen molar-refractivity contribution in [2.75, 3.05) is 0 Å². The van der Waals surface area contributed by atoms with Crippen LogP contribution in [-0.4, -0.2) is 35.6 Å². The van der Waals surface area contributed by atoms with E-state index in [4.69, 9.17) is 21.4 Å². The van der Waals surface area contributed by atoms with Crippen molar-refractivity contribution in [2.24, 2.45) is 0 Å². The second-order valence-corrected chi connectivity index (χ2v) is 5.13. The Bertz CT molecular complexity index is 554. The second-order valence-electron chi connectivity index (χ2n) is 4.72. The Hall–Kier alpha value is -1.89. The van der Waals surface area contributed by atoms with Gasteiger partial charge in [-0.2, -0.15) is 0 Å². The van der Waals surface area contributed by atoms with Gasteiger partial charge in [0.15, 0.2) is 6.10 Å². The van der Waals surface area contributed by atoms with Crippen LogP contribution in [0.15, 0.2) is 18.2 Å². The molecule has 0 aliphatic heterocycles. The molecule has 0 saturated carbocycles. The van der Waals surface area contributed by atoms with Crippen LogP contribution in [0.5, 0.6) is 5.75 Å². The first kappa shape index (κ1) is 18.2. The van der Waals surface area contributed by atoms with Crippen LogP contribution in [0.2, 0.25) is 5.02 Å². The van der Waals surface area contributed by atoms with Gasteiger partial charge in [-0.05, 0) is 31.5 Å². The van der Waals surface area contributed by atoms with Crippen LogP contribution in [0, 0.1) is 6.92 Å². The Labute approximate surface area is 131 Å². The van der Waals surface area contributed by atoms with Crippen LogP contribution in [0.4, 0.5) is 8.78 Å². The molecule has 0 heterocycles. The summed E-state index contributed by atoms with van der Waals surface area (Å²) in [5.74, 6) is -2.09. The highest BCUT2D eigenvalue weighted by Crippen LogP contribution is 2.26. The number of carbonyl (C=O) groups excluding carboxylic acids is 1. The molecule has 122 valence electrons. The lowest BCUT2D eigenvalue weighted by Crippen LogP contribution is -2.47. The highest BCUT2D eigenvalue weighted by molar-refractivity contribution is 6.32. The van der Waals surface area contributed by atoms with E-state index in [2.05, 4.69) is 0 Å². The van der Waals surface area contributed by atoms with E-state index in [9.17, 15) is 18.4 Å². The SMILES string of the molecule is Cc1ccc(Cl)c(OC(C)C(=O)NC(CC(F)F)C(=O)O)c1. The minimum Gasteiger partial charge on any atom is -0.480 e. The zero-order chi connectivity index (χ0) is 16.9. The number of carbonyl (C=O) groups is 2. The summed E-state index contributed by atoms with van der Waals surface area (Å²) in [6.45, 7) is 3.17. The third kappa shape index (κ3) is 5.48. The van der Waals surface area contributed by atoms with Gasteiger partial charge in [-0.25, -0.2) is 13.6 Å². The first-order valence-electron chi connectivity index (χ1n) is 6.45. The largest absolute Gasteiger partial charge is 0.480 e. The third-order valence-electron chi connectivity index (χ3n) is 2.79. The van der Waals surface area contributed by atoms with E-state index in [0.717, 1.165) is 5.56 Å². The Balaban J connectivity index is 2.71. The van der Waals surface area contributed by atoms with Gasteiger partial charge < -0.3 is 15.2 Å². The third-order valence-corrected chi connectivity index (χ3v) is 3.10. The molecule has 2 atom stereocenters. The zero-order valence-electron chi connectivity index (χ0n) is 12.0. The monoisotopic (exact) mass is 335 g/mol. The number of aryl methyl sites for hydroxylation is 1. The number of nitrogens with one attached hydrogen (secondary N) is 1. The van der Waals surface area contributed by atoms with Crippen molar-refractivity contribution < 1.29 is 28.2 Å². The number of benzene rings is 1. The van der Waals surface area contributed by atoms with E-state index in [1.54, 1.807) is 25.1 Å².